The maximum Gasteiger partial charge on any atom is 0.0242 e. The van der Waals surface area contributed by atoms with E-state index in [1.54, 1.807) is 0 Å². The zero-order valence-corrected chi connectivity index (χ0v) is 12.7. The number of benzene rings is 2. The Morgan fingerprint density at radius 3 is 1.95 bits per heavy atom. The molecule has 104 valence electrons. The quantitative estimate of drug-likeness (QED) is 0.892. The summed E-state index contributed by atoms with van der Waals surface area (Å²) < 4.78 is 0. The van der Waals surface area contributed by atoms with E-state index in [4.69, 9.17) is 0 Å². The van der Waals surface area contributed by atoms with Gasteiger partial charge in [0.05, 0.1) is 0 Å². The fraction of sp³-hybridized carbons (Fsp3) is 0.368. The number of hydrogen-bond acceptors (Lipinski definition) is 1. The maximum absolute atomic E-state index is 3.46. The first-order valence-electron chi connectivity index (χ1n) is 7.42. The molecule has 2 aromatic rings. The molecule has 0 saturated carbocycles. The fourth-order valence-corrected chi connectivity index (χ4v) is 3.33. The van der Waals surface area contributed by atoms with E-state index < -0.39 is 0 Å². The molecule has 0 bridgehead atoms. The van der Waals surface area contributed by atoms with Gasteiger partial charge in [0, 0.05) is 18.5 Å². The molecular formula is C19H23N. The van der Waals surface area contributed by atoms with Crippen LogP contribution in [-0.4, -0.2) is 13.1 Å². The topological polar surface area (TPSA) is 12.0 Å². The summed E-state index contributed by atoms with van der Waals surface area (Å²) in [6.07, 6.45) is 1.13. The van der Waals surface area contributed by atoms with Crippen molar-refractivity contribution in [1.82, 2.24) is 5.32 Å². The largest absolute Gasteiger partial charge is 0.315 e. The minimum Gasteiger partial charge on any atom is -0.315 e. The molecule has 1 aliphatic rings. The lowest BCUT2D eigenvalue weighted by Gasteiger charge is -2.43. The first-order valence-corrected chi connectivity index (χ1v) is 7.42. The Labute approximate surface area is 122 Å². The highest BCUT2D eigenvalue weighted by Crippen LogP contribution is 2.33. The van der Waals surface area contributed by atoms with Crippen LogP contribution in [0.5, 0.6) is 0 Å². The zero-order chi connectivity index (χ0) is 14.2. The molecule has 20 heavy (non-hydrogen) atoms. The van der Waals surface area contributed by atoms with Gasteiger partial charge in [-0.3, -0.25) is 0 Å². The first-order chi connectivity index (χ1) is 9.57. The number of rotatable bonds is 3. The smallest absolute Gasteiger partial charge is 0.0242 e. The van der Waals surface area contributed by atoms with Crippen LogP contribution in [0, 0.1) is 20.8 Å². The van der Waals surface area contributed by atoms with Gasteiger partial charge in [0.15, 0.2) is 0 Å². The molecule has 1 heterocycles. The van der Waals surface area contributed by atoms with E-state index in [9.17, 15) is 0 Å². The first kappa shape index (κ1) is 13.4. The van der Waals surface area contributed by atoms with Crippen molar-refractivity contribution in [2.75, 3.05) is 13.1 Å². The van der Waals surface area contributed by atoms with Crippen molar-refractivity contribution < 1.29 is 0 Å². The molecule has 2 aromatic carbocycles. The van der Waals surface area contributed by atoms with Crippen LogP contribution in [0.4, 0.5) is 0 Å². The highest BCUT2D eigenvalue weighted by molar-refractivity contribution is 5.37. The molecule has 0 amide bonds. The zero-order valence-electron chi connectivity index (χ0n) is 12.7. The van der Waals surface area contributed by atoms with Crippen LogP contribution >= 0.6 is 0 Å². The second-order valence-electron chi connectivity index (χ2n) is 6.42. The van der Waals surface area contributed by atoms with Gasteiger partial charge in [-0.15, -0.1) is 0 Å². The van der Waals surface area contributed by atoms with E-state index >= 15 is 0 Å². The third-order valence-corrected chi connectivity index (χ3v) is 4.41. The van der Waals surface area contributed by atoms with Crippen LogP contribution in [0.1, 0.15) is 27.8 Å². The standard InChI is InChI=1S/C19H23N/c1-14-4-6-18(7-5-14)19(12-20-13-19)11-17-9-15(2)8-16(3)10-17/h4-10,20H,11-13H2,1-3H3. The van der Waals surface area contributed by atoms with Gasteiger partial charge in [0.1, 0.15) is 0 Å². The summed E-state index contributed by atoms with van der Waals surface area (Å²) in [5.41, 5.74) is 7.29. The summed E-state index contributed by atoms with van der Waals surface area (Å²) in [6, 6.07) is 16.0. The Balaban J connectivity index is 1.91. The Morgan fingerprint density at radius 1 is 0.850 bits per heavy atom. The lowest BCUT2D eigenvalue weighted by molar-refractivity contribution is 0.274. The summed E-state index contributed by atoms with van der Waals surface area (Å²) in [5.74, 6) is 0. The Kier molecular flexibility index (Phi) is 3.39. The van der Waals surface area contributed by atoms with Gasteiger partial charge in [-0.1, -0.05) is 59.2 Å². The molecule has 1 heteroatoms. The normalized spacial score (nSPS) is 16.8. The van der Waals surface area contributed by atoms with E-state index in [0.717, 1.165) is 19.5 Å². The molecule has 1 fully saturated rings. The Hall–Kier alpha value is -1.60. The molecule has 0 unspecified atom stereocenters. The molecule has 1 aliphatic heterocycles. The minimum absolute atomic E-state index is 0.286. The molecule has 0 aliphatic carbocycles. The van der Waals surface area contributed by atoms with Gasteiger partial charge in [-0.2, -0.15) is 0 Å². The molecular weight excluding hydrogens is 242 g/mol. The molecule has 0 aromatic heterocycles. The van der Waals surface area contributed by atoms with Crippen molar-refractivity contribution in [3.8, 4) is 0 Å². The van der Waals surface area contributed by atoms with Gasteiger partial charge in [0.2, 0.25) is 0 Å². The second-order valence-corrected chi connectivity index (χ2v) is 6.42. The van der Waals surface area contributed by atoms with Crippen LogP contribution < -0.4 is 5.32 Å². The van der Waals surface area contributed by atoms with Crippen LogP contribution in [0.3, 0.4) is 0 Å². The average molecular weight is 265 g/mol. The minimum atomic E-state index is 0.286. The predicted octanol–water partition coefficient (Wildman–Crippen LogP) is 3.70. The highest BCUT2D eigenvalue weighted by atomic mass is 15.0. The molecule has 1 saturated heterocycles. The van der Waals surface area contributed by atoms with Gasteiger partial charge in [0.25, 0.3) is 0 Å². The summed E-state index contributed by atoms with van der Waals surface area (Å²) in [4.78, 5) is 0. The van der Waals surface area contributed by atoms with E-state index in [1.165, 1.54) is 27.8 Å². The summed E-state index contributed by atoms with van der Waals surface area (Å²) >= 11 is 0. The Morgan fingerprint density at radius 2 is 1.45 bits per heavy atom. The van der Waals surface area contributed by atoms with Crippen molar-refractivity contribution in [2.45, 2.75) is 32.6 Å². The van der Waals surface area contributed by atoms with Gasteiger partial charge in [-0.25, -0.2) is 0 Å². The van der Waals surface area contributed by atoms with E-state index in [2.05, 4.69) is 68.6 Å². The lowest BCUT2D eigenvalue weighted by atomic mass is 9.70. The molecule has 0 radical (unpaired) electrons. The van der Waals surface area contributed by atoms with Crippen molar-refractivity contribution in [2.24, 2.45) is 0 Å². The van der Waals surface area contributed by atoms with E-state index in [-0.39, 0.29) is 5.41 Å². The lowest BCUT2D eigenvalue weighted by Crippen LogP contribution is -2.58. The van der Waals surface area contributed by atoms with Crippen molar-refractivity contribution in [1.29, 1.82) is 0 Å². The van der Waals surface area contributed by atoms with Crippen molar-refractivity contribution in [3.05, 3.63) is 70.3 Å². The van der Waals surface area contributed by atoms with Crippen molar-refractivity contribution in [3.63, 3.8) is 0 Å². The van der Waals surface area contributed by atoms with Crippen LogP contribution in [-0.2, 0) is 11.8 Å². The van der Waals surface area contributed by atoms with Crippen LogP contribution in [0.15, 0.2) is 42.5 Å². The molecule has 3 rings (SSSR count). The second kappa shape index (κ2) is 5.06. The molecule has 0 atom stereocenters. The van der Waals surface area contributed by atoms with Gasteiger partial charge < -0.3 is 5.32 Å². The molecule has 0 spiro atoms. The monoisotopic (exact) mass is 265 g/mol. The van der Waals surface area contributed by atoms with Crippen molar-refractivity contribution >= 4 is 0 Å². The van der Waals surface area contributed by atoms with E-state index in [0.29, 0.717) is 0 Å². The summed E-state index contributed by atoms with van der Waals surface area (Å²) in [5, 5.41) is 3.46. The van der Waals surface area contributed by atoms with Gasteiger partial charge in [-0.05, 0) is 38.3 Å². The molecule has 1 nitrogen and oxygen atoms in total. The third-order valence-electron chi connectivity index (χ3n) is 4.41. The number of aryl methyl sites for hydroxylation is 3. The molecule has 1 N–H and O–H groups in total. The van der Waals surface area contributed by atoms with Crippen LogP contribution in [0.2, 0.25) is 0 Å². The number of nitrogens with one attached hydrogen (secondary N) is 1. The maximum atomic E-state index is 3.46. The van der Waals surface area contributed by atoms with Gasteiger partial charge >= 0.3 is 0 Å². The van der Waals surface area contributed by atoms with Crippen LogP contribution in [0.25, 0.3) is 0 Å². The predicted molar refractivity (Wildman–Crippen MR) is 85.3 cm³/mol. The Bertz CT molecular complexity index is 586. The summed E-state index contributed by atoms with van der Waals surface area (Å²) in [6.45, 7) is 8.70. The number of hydrogen-bond donors (Lipinski definition) is 1. The van der Waals surface area contributed by atoms with E-state index in [1.807, 2.05) is 0 Å². The highest BCUT2D eigenvalue weighted by Gasteiger charge is 2.38. The SMILES string of the molecule is Cc1ccc(C2(Cc3cc(C)cc(C)c3)CNC2)cc1. The average Bonchev–Trinajstić information content (AvgIpc) is 2.34. The summed E-state index contributed by atoms with van der Waals surface area (Å²) in [7, 11) is 0. The fourth-order valence-electron chi connectivity index (χ4n) is 3.33. The third kappa shape index (κ3) is 2.51.